The second-order valence-electron chi connectivity index (χ2n) is 5.40. The van der Waals surface area contributed by atoms with Crippen molar-refractivity contribution in [2.24, 2.45) is 0 Å². The fourth-order valence-electron chi connectivity index (χ4n) is 2.36. The first-order valence-electron chi connectivity index (χ1n) is 8.28. The van der Waals surface area contributed by atoms with Crippen LogP contribution in [0.4, 0.5) is 0 Å². The Bertz CT molecular complexity index is 460. The highest BCUT2D eigenvalue weighted by Crippen LogP contribution is 2.28. The predicted molar refractivity (Wildman–Crippen MR) is 89.6 cm³/mol. The van der Waals surface area contributed by atoms with Gasteiger partial charge in [0.05, 0.1) is 13.2 Å². The molecule has 4 nitrogen and oxygen atoms in total. The van der Waals surface area contributed by atoms with Crippen molar-refractivity contribution in [3.63, 3.8) is 0 Å². The summed E-state index contributed by atoms with van der Waals surface area (Å²) in [6.07, 6.45) is 3.30. The molecule has 22 heavy (non-hydrogen) atoms. The molecule has 0 radical (unpaired) electrons. The van der Waals surface area contributed by atoms with E-state index in [0.717, 1.165) is 29.9 Å². The normalized spacial score (nSPS) is 11.8. The van der Waals surface area contributed by atoms with E-state index in [1.807, 2.05) is 39.0 Å². The molecule has 1 rings (SSSR count). The van der Waals surface area contributed by atoms with Gasteiger partial charge < -0.3 is 14.8 Å². The Balaban J connectivity index is 2.58. The van der Waals surface area contributed by atoms with Crippen LogP contribution in [0.1, 0.15) is 52.5 Å². The van der Waals surface area contributed by atoms with E-state index in [4.69, 9.17) is 9.47 Å². The Kier molecular flexibility index (Phi) is 8.41. The minimum Gasteiger partial charge on any atom is -0.490 e. The molecule has 0 saturated carbocycles. The third-order valence-corrected chi connectivity index (χ3v) is 3.38. The lowest BCUT2D eigenvalue weighted by atomic mass is 10.1. The van der Waals surface area contributed by atoms with Crippen LogP contribution >= 0.6 is 0 Å². The van der Waals surface area contributed by atoms with Crippen molar-refractivity contribution in [2.75, 3.05) is 13.2 Å². The number of benzene rings is 1. The first-order chi connectivity index (χ1) is 10.6. The molecule has 0 unspecified atom stereocenters. The van der Waals surface area contributed by atoms with Crippen LogP contribution in [0.25, 0.3) is 0 Å². The lowest BCUT2D eigenvalue weighted by molar-refractivity contribution is -0.121. The van der Waals surface area contributed by atoms with E-state index in [1.165, 1.54) is 0 Å². The number of amides is 1. The van der Waals surface area contributed by atoms with Gasteiger partial charge in [0.15, 0.2) is 11.5 Å². The van der Waals surface area contributed by atoms with E-state index in [0.29, 0.717) is 26.1 Å². The molecule has 1 atom stereocenters. The molecule has 0 aromatic heterocycles. The third-order valence-electron chi connectivity index (χ3n) is 3.38. The van der Waals surface area contributed by atoms with E-state index in [-0.39, 0.29) is 11.9 Å². The summed E-state index contributed by atoms with van der Waals surface area (Å²) < 4.78 is 11.2. The van der Waals surface area contributed by atoms with Crippen molar-refractivity contribution < 1.29 is 14.3 Å². The molecule has 0 bridgehead atoms. The van der Waals surface area contributed by atoms with E-state index in [2.05, 4.69) is 12.2 Å². The number of carbonyl (C=O) groups is 1. The molecule has 0 aliphatic carbocycles. The average molecular weight is 307 g/mol. The summed E-state index contributed by atoms with van der Waals surface area (Å²) in [6.45, 7) is 9.27. The van der Waals surface area contributed by atoms with Gasteiger partial charge in [-0.05, 0) is 51.3 Å². The smallest absolute Gasteiger partial charge is 0.220 e. The van der Waals surface area contributed by atoms with E-state index in [9.17, 15) is 4.79 Å². The number of carbonyl (C=O) groups excluding carboxylic acids is 1. The van der Waals surface area contributed by atoms with Crippen molar-refractivity contribution in [2.45, 2.75) is 59.4 Å². The second-order valence-corrected chi connectivity index (χ2v) is 5.40. The second kappa shape index (κ2) is 10.1. The monoisotopic (exact) mass is 307 g/mol. The number of aryl methyl sites for hydroxylation is 1. The zero-order chi connectivity index (χ0) is 16.4. The Hall–Kier alpha value is -1.71. The molecule has 1 amide bonds. The average Bonchev–Trinajstić information content (AvgIpc) is 2.48. The maximum absolute atomic E-state index is 11.9. The molecule has 0 spiro atoms. The molecule has 1 N–H and O–H groups in total. The molecule has 0 aliphatic heterocycles. The zero-order valence-corrected chi connectivity index (χ0v) is 14.3. The Morgan fingerprint density at radius 3 is 2.45 bits per heavy atom. The number of nitrogens with one attached hydrogen (secondary N) is 1. The summed E-state index contributed by atoms with van der Waals surface area (Å²) >= 11 is 0. The maximum atomic E-state index is 11.9. The number of rotatable bonds is 10. The fourth-order valence-corrected chi connectivity index (χ4v) is 2.36. The summed E-state index contributed by atoms with van der Waals surface area (Å²) in [5.74, 6) is 1.61. The lowest BCUT2D eigenvalue weighted by Crippen LogP contribution is -2.32. The van der Waals surface area contributed by atoms with Crippen molar-refractivity contribution in [1.82, 2.24) is 5.32 Å². The van der Waals surface area contributed by atoms with E-state index in [1.54, 1.807) is 0 Å². The summed E-state index contributed by atoms with van der Waals surface area (Å²) in [4.78, 5) is 11.9. The Morgan fingerprint density at radius 2 is 1.82 bits per heavy atom. The zero-order valence-electron chi connectivity index (χ0n) is 14.3. The fraction of sp³-hybridized carbons (Fsp3) is 0.611. The van der Waals surface area contributed by atoms with Gasteiger partial charge in [-0.3, -0.25) is 4.79 Å². The predicted octanol–water partition coefficient (Wildman–Crippen LogP) is 3.72. The van der Waals surface area contributed by atoms with Gasteiger partial charge in [-0.2, -0.15) is 0 Å². The van der Waals surface area contributed by atoms with Gasteiger partial charge in [-0.1, -0.05) is 19.4 Å². The Morgan fingerprint density at radius 1 is 1.14 bits per heavy atom. The van der Waals surface area contributed by atoms with Crippen molar-refractivity contribution in [3.05, 3.63) is 23.8 Å². The molecule has 0 fully saturated rings. The number of hydrogen-bond acceptors (Lipinski definition) is 3. The van der Waals surface area contributed by atoms with E-state index < -0.39 is 0 Å². The first kappa shape index (κ1) is 18.3. The number of hydrogen-bond donors (Lipinski definition) is 1. The standard InChI is InChI=1S/C18H29NO3/c1-5-8-14(4)19-18(20)12-10-15-9-11-16(21-6-2)17(13-15)22-7-3/h9,11,13-14H,5-8,10,12H2,1-4H3,(H,19,20)/t14-/m0/s1. The van der Waals surface area contributed by atoms with Gasteiger partial charge >= 0.3 is 0 Å². The molecule has 4 heteroatoms. The van der Waals surface area contributed by atoms with Crippen molar-refractivity contribution >= 4 is 5.91 Å². The third kappa shape index (κ3) is 6.37. The molecule has 0 saturated heterocycles. The Labute approximate surface area is 134 Å². The van der Waals surface area contributed by atoms with Gasteiger partial charge in [0.2, 0.25) is 5.91 Å². The molecule has 124 valence electrons. The molecule has 0 aliphatic rings. The summed E-state index contributed by atoms with van der Waals surface area (Å²) in [5.41, 5.74) is 1.09. The van der Waals surface area contributed by atoms with Crippen LogP contribution < -0.4 is 14.8 Å². The van der Waals surface area contributed by atoms with Gasteiger partial charge in [0.25, 0.3) is 0 Å². The molecular weight excluding hydrogens is 278 g/mol. The minimum absolute atomic E-state index is 0.104. The van der Waals surface area contributed by atoms with Gasteiger partial charge in [0.1, 0.15) is 0 Å². The molecule has 1 aromatic carbocycles. The van der Waals surface area contributed by atoms with Crippen molar-refractivity contribution in [1.29, 1.82) is 0 Å². The highest BCUT2D eigenvalue weighted by atomic mass is 16.5. The van der Waals surface area contributed by atoms with Crippen LogP contribution in [-0.4, -0.2) is 25.2 Å². The molecule has 1 aromatic rings. The van der Waals surface area contributed by atoms with Gasteiger partial charge in [-0.15, -0.1) is 0 Å². The minimum atomic E-state index is 0.104. The highest BCUT2D eigenvalue weighted by Gasteiger charge is 2.09. The largest absolute Gasteiger partial charge is 0.490 e. The lowest BCUT2D eigenvalue weighted by Gasteiger charge is -2.14. The first-order valence-corrected chi connectivity index (χ1v) is 8.28. The van der Waals surface area contributed by atoms with Crippen LogP contribution in [-0.2, 0) is 11.2 Å². The SMILES string of the molecule is CCC[C@H](C)NC(=O)CCc1ccc(OCC)c(OCC)c1. The number of ether oxygens (including phenoxy) is 2. The van der Waals surface area contributed by atoms with Crippen LogP contribution in [0, 0.1) is 0 Å². The summed E-state index contributed by atoms with van der Waals surface area (Å²) in [7, 11) is 0. The van der Waals surface area contributed by atoms with Gasteiger partial charge in [-0.25, -0.2) is 0 Å². The van der Waals surface area contributed by atoms with Crippen LogP contribution in [0.15, 0.2) is 18.2 Å². The molecular formula is C18H29NO3. The van der Waals surface area contributed by atoms with Crippen molar-refractivity contribution in [3.8, 4) is 11.5 Å². The summed E-state index contributed by atoms with van der Waals surface area (Å²) in [6, 6.07) is 6.13. The summed E-state index contributed by atoms with van der Waals surface area (Å²) in [5, 5.41) is 3.03. The maximum Gasteiger partial charge on any atom is 0.220 e. The molecule has 0 heterocycles. The van der Waals surface area contributed by atoms with Gasteiger partial charge in [0, 0.05) is 12.5 Å². The van der Waals surface area contributed by atoms with Crippen LogP contribution in [0.2, 0.25) is 0 Å². The highest BCUT2D eigenvalue weighted by molar-refractivity contribution is 5.76. The van der Waals surface area contributed by atoms with Crippen LogP contribution in [0.5, 0.6) is 11.5 Å². The van der Waals surface area contributed by atoms with E-state index >= 15 is 0 Å². The van der Waals surface area contributed by atoms with Crippen LogP contribution in [0.3, 0.4) is 0 Å². The quantitative estimate of drug-likeness (QED) is 0.716. The topological polar surface area (TPSA) is 47.6 Å².